The molecule has 0 fully saturated rings. The minimum Gasteiger partial charge on any atom is -0.489 e. The Balaban J connectivity index is 1.71. The van der Waals surface area contributed by atoms with E-state index in [-0.39, 0.29) is 6.42 Å². The lowest BCUT2D eigenvalue weighted by Crippen LogP contribution is -2.42. The molecule has 0 aliphatic carbocycles. The summed E-state index contributed by atoms with van der Waals surface area (Å²) >= 11 is 0. The molecule has 3 rings (SSSR count). The van der Waals surface area contributed by atoms with Gasteiger partial charge in [-0.3, -0.25) is 4.79 Å². The van der Waals surface area contributed by atoms with Crippen molar-refractivity contribution in [3.8, 4) is 5.75 Å². The number of hydrogen-bond donors (Lipinski definition) is 2. The number of rotatable bonds is 8. The predicted octanol–water partition coefficient (Wildman–Crippen LogP) is 4.71. The number of ether oxygens (including phenoxy) is 1. The van der Waals surface area contributed by atoms with Gasteiger partial charge in [0.1, 0.15) is 18.4 Å². The summed E-state index contributed by atoms with van der Waals surface area (Å²) in [4.78, 5) is 24.1. The minimum atomic E-state index is -4.74. The van der Waals surface area contributed by atoms with Crippen molar-refractivity contribution in [2.75, 3.05) is 0 Å². The molecule has 0 saturated carbocycles. The van der Waals surface area contributed by atoms with Gasteiger partial charge < -0.3 is 15.2 Å². The first-order chi connectivity index (χ1) is 15.2. The maximum absolute atomic E-state index is 13.2. The first-order valence-corrected chi connectivity index (χ1v) is 9.69. The Morgan fingerprint density at radius 3 is 2.25 bits per heavy atom. The van der Waals surface area contributed by atoms with Gasteiger partial charge in [-0.25, -0.2) is 4.79 Å². The molecule has 0 radical (unpaired) electrons. The van der Waals surface area contributed by atoms with E-state index in [1.807, 2.05) is 30.3 Å². The van der Waals surface area contributed by atoms with Crippen LogP contribution >= 0.6 is 0 Å². The van der Waals surface area contributed by atoms with E-state index in [4.69, 9.17) is 4.74 Å². The molecule has 0 aliphatic rings. The van der Waals surface area contributed by atoms with Crippen molar-refractivity contribution >= 4 is 11.9 Å². The standard InChI is InChI=1S/C24H20F3NO4/c25-24(26,27)20-12-5-4-11-19(20)22(29)28-21(23(30)31)14-17-9-6-10-18(13-17)32-15-16-7-2-1-3-8-16/h1-13,21H,14-15H2,(H,28,29)(H,30,31)/t21-/m1/s1. The van der Waals surface area contributed by atoms with Crippen LogP contribution < -0.4 is 10.1 Å². The second-order valence-corrected chi connectivity index (χ2v) is 7.03. The fourth-order valence-electron chi connectivity index (χ4n) is 3.10. The number of nitrogens with one attached hydrogen (secondary N) is 1. The van der Waals surface area contributed by atoms with Crippen molar-refractivity contribution in [1.29, 1.82) is 0 Å². The number of benzene rings is 3. The monoisotopic (exact) mass is 443 g/mol. The van der Waals surface area contributed by atoms with E-state index < -0.39 is 35.2 Å². The average Bonchev–Trinajstić information content (AvgIpc) is 2.77. The smallest absolute Gasteiger partial charge is 0.417 e. The van der Waals surface area contributed by atoms with E-state index in [0.29, 0.717) is 17.9 Å². The Kier molecular flexibility index (Phi) is 7.14. The van der Waals surface area contributed by atoms with Crippen molar-refractivity contribution in [1.82, 2.24) is 5.32 Å². The van der Waals surface area contributed by atoms with E-state index in [1.54, 1.807) is 24.3 Å². The van der Waals surface area contributed by atoms with Gasteiger partial charge in [0.05, 0.1) is 11.1 Å². The number of halogens is 3. The molecule has 1 amide bonds. The molecule has 5 nitrogen and oxygen atoms in total. The molecule has 0 heterocycles. The highest BCUT2D eigenvalue weighted by Gasteiger charge is 2.35. The van der Waals surface area contributed by atoms with Gasteiger partial charge in [0, 0.05) is 6.42 Å². The average molecular weight is 443 g/mol. The van der Waals surface area contributed by atoms with Gasteiger partial charge in [-0.2, -0.15) is 13.2 Å². The van der Waals surface area contributed by atoms with Gasteiger partial charge in [-0.1, -0.05) is 54.6 Å². The second-order valence-electron chi connectivity index (χ2n) is 7.03. The maximum Gasteiger partial charge on any atom is 0.417 e. The predicted molar refractivity (Wildman–Crippen MR) is 111 cm³/mol. The van der Waals surface area contributed by atoms with Crippen molar-refractivity contribution in [2.24, 2.45) is 0 Å². The van der Waals surface area contributed by atoms with Crippen LogP contribution in [0.3, 0.4) is 0 Å². The van der Waals surface area contributed by atoms with Crippen LogP contribution in [0.25, 0.3) is 0 Å². The van der Waals surface area contributed by atoms with Gasteiger partial charge >= 0.3 is 12.1 Å². The highest BCUT2D eigenvalue weighted by molar-refractivity contribution is 5.98. The molecule has 0 spiro atoms. The molecular formula is C24H20F3NO4. The van der Waals surface area contributed by atoms with Crippen molar-refractivity contribution in [3.05, 3.63) is 101 Å². The molecule has 2 N–H and O–H groups in total. The number of carbonyl (C=O) groups is 2. The first-order valence-electron chi connectivity index (χ1n) is 9.69. The summed E-state index contributed by atoms with van der Waals surface area (Å²) in [5.41, 5.74) is -0.256. The van der Waals surface area contributed by atoms with Gasteiger partial charge in [-0.15, -0.1) is 0 Å². The third-order valence-corrected chi connectivity index (χ3v) is 4.67. The highest BCUT2D eigenvalue weighted by Crippen LogP contribution is 2.31. The molecule has 0 aromatic heterocycles. The van der Waals surface area contributed by atoms with Gasteiger partial charge in [0.2, 0.25) is 0 Å². The first kappa shape index (κ1) is 22.9. The van der Waals surface area contributed by atoms with Gasteiger partial charge in [0.15, 0.2) is 0 Å². The Morgan fingerprint density at radius 2 is 1.56 bits per heavy atom. The molecule has 0 saturated heterocycles. The Bertz CT molecular complexity index is 1080. The number of aliphatic carboxylic acids is 1. The molecule has 3 aromatic carbocycles. The molecule has 166 valence electrons. The van der Waals surface area contributed by atoms with Gasteiger partial charge in [0.25, 0.3) is 5.91 Å². The number of alkyl halides is 3. The van der Waals surface area contributed by atoms with E-state index in [2.05, 4.69) is 5.32 Å². The fourth-order valence-corrected chi connectivity index (χ4v) is 3.10. The third-order valence-electron chi connectivity index (χ3n) is 4.67. The van der Waals surface area contributed by atoms with Crippen LogP contribution in [-0.2, 0) is 24.0 Å². The summed E-state index contributed by atoms with van der Waals surface area (Å²) in [6, 6.07) is 18.9. The van der Waals surface area contributed by atoms with Crippen molar-refractivity contribution in [2.45, 2.75) is 25.2 Å². The number of hydrogen-bond acceptors (Lipinski definition) is 3. The largest absolute Gasteiger partial charge is 0.489 e. The van der Waals surface area contributed by atoms with E-state index in [0.717, 1.165) is 23.8 Å². The zero-order valence-corrected chi connectivity index (χ0v) is 16.8. The summed E-state index contributed by atoms with van der Waals surface area (Å²) in [6.45, 7) is 0.317. The third kappa shape index (κ3) is 6.10. The van der Waals surface area contributed by atoms with E-state index in [9.17, 15) is 27.9 Å². The van der Waals surface area contributed by atoms with Crippen LogP contribution in [-0.4, -0.2) is 23.0 Å². The minimum absolute atomic E-state index is 0.127. The molecule has 32 heavy (non-hydrogen) atoms. The molecule has 0 unspecified atom stereocenters. The number of carboxylic acids is 1. The number of amides is 1. The van der Waals surface area contributed by atoms with Crippen LogP contribution in [0, 0.1) is 0 Å². The lowest BCUT2D eigenvalue weighted by atomic mass is 10.0. The van der Waals surface area contributed by atoms with Crippen LogP contribution in [0.2, 0.25) is 0 Å². The van der Waals surface area contributed by atoms with Crippen LogP contribution in [0.15, 0.2) is 78.9 Å². The van der Waals surface area contributed by atoms with E-state index in [1.165, 1.54) is 6.07 Å². The number of carbonyl (C=O) groups excluding carboxylic acids is 1. The summed E-state index contributed by atoms with van der Waals surface area (Å²) in [5.74, 6) is -1.97. The van der Waals surface area contributed by atoms with Crippen LogP contribution in [0.4, 0.5) is 13.2 Å². The highest BCUT2D eigenvalue weighted by atomic mass is 19.4. The summed E-state index contributed by atoms with van der Waals surface area (Å²) in [6.07, 6.45) is -4.87. The lowest BCUT2D eigenvalue weighted by molar-refractivity contribution is -0.139. The second kappa shape index (κ2) is 10.00. The Hall–Kier alpha value is -3.81. The molecule has 3 aromatic rings. The molecule has 8 heteroatoms. The van der Waals surface area contributed by atoms with Gasteiger partial charge in [-0.05, 0) is 35.4 Å². The topological polar surface area (TPSA) is 75.6 Å². The fraction of sp³-hybridized carbons (Fsp3) is 0.167. The number of carboxylic acid groups (broad SMARTS) is 1. The zero-order chi connectivity index (χ0) is 23.1. The quantitative estimate of drug-likeness (QED) is 0.529. The summed E-state index contributed by atoms with van der Waals surface area (Å²) < 4.78 is 45.3. The van der Waals surface area contributed by atoms with Crippen molar-refractivity contribution in [3.63, 3.8) is 0 Å². The Labute approximate surface area is 182 Å². The van der Waals surface area contributed by atoms with E-state index >= 15 is 0 Å². The lowest BCUT2D eigenvalue weighted by Gasteiger charge is -2.17. The normalized spacial score (nSPS) is 12.1. The van der Waals surface area contributed by atoms with Crippen LogP contribution in [0.1, 0.15) is 27.0 Å². The molecular weight excluding hydrogens is 423 g/mol. The molecule has 0 bridgehead atoms. The maximum atomic E-state index is 13.2. The Morgan fingerprint density at radius 1 is 0.906 bits per heavy atom. The SMILES string of the molecule is O=C(N[C@H](Cc1cccc(OCc2ccccc2)c1)C(=O)O)c1ccccc1C(F)(F)F. The van der Waals surface area contributed by atoms with Crippen molar-refractivity contribution < 1.29 is 32.6 Å². The zero-order valence-electron chi connectivity index (χ0n) is 16.8. The summed E-state index contributed by atoms with van der Waals surface area (Å²) in [5, 5.41) is 11.7. The molecule has 0 aliphatic heterocycles. The van der Waals surface area contributed by atoms with Crippen LogP contribution in [0.5, 0.6) is 5.75 Å². The summed E-state index contributed by atoms with van der Waals surface area (Å²) in [7, 11) is 0. The molecule has 1 atom stereocenters.